The third kappa shape index (κ3) is 2.82. The van der Waals surface area contributed by atoms with Crippen molar-refractivity contribution < 1.29 is 0 Å². The Kier molecular flexibility index (Phi) is 3.38. The molecule has 0 bridgehead atoms. The molecule has 66 valence electrons. The summed E-state index contributed by atoms with van der Waals surface area (Å²) in [5.74, 6) is 0.895. The maximum Gasteiger partial charge on any atom is 0.00950 e. The maximum absolute atomic E-state index is 3.63. The van der Waals surface area contributed by atoms with Crippen molar-refractivity contribution in [2.45, 2.75) is 58.5 Å². The lowest BCUT2D eigenvalue weighted by Crippen LogP contribution is -2.41. The predicted octanol–water partition coefficient (Wildman–Crippen LogP) is 2.56. The molecule has 1 aliphatic carbocycles. The molecular formula is C10H21N. The molecule has 1 fully saturated rings. The van der Waals surface area contributed by atoms with Crippen molar-refractivity contribution in [1.29, 1.82) is 0 Å². The summed E-state index contributed by atoms with van der Waals surface area (Å²) in [7, 11) is 0. The topological polar surface area (TPSA) is 12.0 Å². The van der Waals surface area contributed by atoms with Crippen molar-refractivity contribution >= 4 is 0 Å². The third-order valence-corrected chi connectivity index (χ3v) is 2.66. The summed E-state index contributed by atoms with van der Waals surface area (Å²) in [5, 5.41) is 3.63. The van der Waals surface area contributed by atoms with E-state index in [2.05, 4.69) is 26.1 Å². The van der Waals surface area contributed by atoms with Crippen LogP contribution in [0, 0.1) is 5.92 Å². The van der Waals surface area contributed by atoms with E-state index >= 15 is 0 Å². The van der Waals surface area contributed by atoms with E-state index in [-0.39, 0.29) is 0 Å². The standard InChI is InChI=1S/C10H21N/c1-8(2)11-10-7-5-4-6-9(10)3/h8-11H,4-7H2,1-3H3/t9-,10+/m0/s1. The number of hydrogen-bond donors (Lipinski definition) is 1. The molecule has 11 heavy (non-hydrogen) atoms. The molecule has 0 aromatic heterocycles. The van der Waals surface area contributed by atoms with Crippen molar-refractivity contribution in [3.8, 4) is 0 Å². The van der Waals surface area contributed by atoms with Crippen LogP contribution in [-0.4, -0.2) is 12.1 Å². The molecule has 1 nitrogen and oxygen atoms in total. The fourth-order valence-electron chi connectivity index (χ4n) is 1.99. The van der Waals surface area contributed by atoms with Gasteiger partial charge < -0.3 is 5.32 Å². The minimum absolute atomic E-state index is 0.653. The van der Waals surface area contributed by atoms with Gasteiger partial charge in [-0.15, -0.1) is 0 Å². The van der Waals surface area contributed by atoms with E-state index in [1.807, 2.05) is 0 Å². The van der Waals surface area contributed by atoms with Crippen LogP contribution in [0.5, 0.6) is 0 Å². The molecule has 1 aliphatic rings. The first-order valence-electron chi connectivity index (χ1n) is 4.96. The van der Waals surface area contributed by atoms with Crippen molar-refractivity contribution in [3.05, 3.63) is 0 Å². The highest BCUT2D eigenvalue weighted by atomic mass is 14.9. The molecule has 0 unspecified atom stereocenters. The Bertz CT molecular complexity index is 109. The van der Waals surface area contributed by atoms with Gasteiger partial charge in [-0.2, -0.15) is 0 Å². The van der Waals surface area contributed by atoms with E-state index in [0.29, 0.717) is 6.04 Å². The van der Waals surface area contributed by atoms with Crippen LogP contribution in [0.1, 0.15) is 46.5 Å². The Morgan fingerprint density at radius 1 is 1.18 bits per heavy atom. The van der Waals surface area contributed by atoms with Gasteiger partial charge in [0.1, 0.15) is 0 Å². The van der Waals surface area contributed by atoms with Crippen molar-refractivity contribution in [2.75, 3.05) is 0 Å². The summed E-state index contributed by atoms with van der Waals surface area (Å²) in [4.78, 5) is 0. The molecule has 1 saturated carbocycles. The highest BCUT2D eigenvalue weighted by molar-refractivity contribution is 4.78. The molecular weight excluding hydrogens is 134 g/mol. The first kappa shape index (κ1) is 9.05. The zero-order valence-corrected chi connectivity index (χ0v) is 8.06. The van der Waals surface area contributed by atoms with Gasteiger partial charge in [0.2, 0.25) is 0 Å². The second kappa shape index (κ2) is 4.10. The molecule has 0 radical (unpaired) electrons. The maximum atomic E-state index is 3.63. The molecule has 0 aromatic carbocycles. The molecule has 0 heterocycles. The highest BCUT2D eigenvalue weighted by Crippen LogP contribution is 2.23. The van der Waals surface area contributed by atoms with Gasteiger partial charge in [0.15, 0.2) is 0 Å². The average molecular weight is 155 g/mol. The Labute approximate surface area is 70.6 Å². The zero-order valence-electron chi connectivity index (χ0n) is 8.06. The average Bonchev–Trinajstić information content (AvgIpc) is 1.93. The van der Waals surface area contributed by atoms with Gasteiger partial charge in [-0.05, 0) is 18.8 Å². The van der Waals surface area contributed by atoms with Crippen LogP contribution in [0.15, 0.2) is 0 Å². The third-order valence-electron chi connectivity index (χ3n) is 2.66. The SMILES string of the molecule is CC(C)N[C@@H]1CCCC[C@@H]1C. The van der Waals surface area contributed by atoms with E-state index in [1.54, 1.807) is 0 Å². The Balaban J connectivity index is 2.29. The van der Waals surface area contributed by atoms with Gasteiger partial charge in [0.05, 0.1) is 0 Å². The molecule has 0 aliphatic heterocycles. The summed E-state index contributed by atoms with van der Waals surface area (Å²) in [5.41, 5.74) is 0. The van der Waals surface area contributed by atoms with Gasteiger partial charge in [-0.3, -0.25) is 0 Å². The van der Waals surface area contributed by atoms with Crippen LogP contribution < -0.4 is 5.32 Å². The molecule has 0 aromatic rings. The monoisotopic (exact) mass is 155 g/mol. The van der Waals surface area contributed by atoms with Gasteiger partial charge in [-0.1, -0.05) is 33.6 Å². The first-order chi connectivity index (χ1) is 5.20. The van der Waals surface area contributed by atoms with Crippen LogP contribution >= 0.6 is 0 Å². The Hall–Kier alpha value is -0.0400. The second-order valence-corrected chi connectivity index (χ2v) is 4.19. The molecule has 0 saturated heterocycles. The van der Waals surface area contributed by atoms with Crippen LogP contribution in [0.25, 0.3) is 0 Å². The Morgan fingerprint density at radius 2 is 1.82 bits per heavy atom. The lowest BCUT2D eigenvalue weighted by atomic mass is 9.85. The summed E-state index contributed by atoms with van der Waals surface area (Å²) in [6.07, 6.45) is 5.68. The number of nitrogens with one attached hydrogen (secondary N) is 1. The molecule has 0 amide bonds. The van der Waals surface area contributed by atoms with Crippen LogP contribution in [0.4, 0.5) is 0 Å². The summed E-state index contributed by atoms with van der Waals surface area (Å²) in [6, 6.07) is 1.45. The van der Waals surface area contributed by atoms with Crippen LogP contribution in [0.3, 0.4) is 0 Å². The minimum atomic E-state index is 0.653. The smallest absolute Gasteiger partial charge is 0.00950 e. The molecule has 2 atom stereocenters. The molecule has 1 N–H and O–H groups in total. The summed E-state index contributed by atoms with van der Waals surface area (Å²) >= 11 is 0. The number of rotatable bonds is 2. The fourth-order valence-corrected chi connectivity index (χ4v) is 1.99. The zero-order chi connectivity index (χ0) is 8.27. The first-order valence-corrected chi connectivity index (χ1v) is 4.96. The lowest BCUT2D eigenvalue weighted by Gasteiger charge is -2.31. The largest absolute Gasteiger partial charge is 0.312 e. The minimum Gasteiger partial charge on any atom is -0.312 e. The lowest BCUT2D eigenvalue weighted by molar-refractivity contribution is 0.267. The van der Waals surface area contributed by atoms with Crippen molar-refractivity contribution in [1.82, 2.24) is 5.32 Å². The van der Waals surface area contributed by atoms with E-state index in [0.717, 1.165) is 12.0 Å². The highest BCUT2D eigenvalue weighted by Gasteiger charge is 2.20. The van der Waals surface area contributed by atoms with E-state index in [1.165, 1.54) is 25.7 Å². The van der Waals surface area contributed by atoms with Gasteiger partial charge >= 0.3 is 0 Å². The summed E-state index contributed by atoms with van der Waals surface area (Å²) < 4.78 is 0. The second-order valence-electron chi connectivity index (χ2n) is 4.19. The fraction of sp³-hybridized carbons (Fsp3) is 1.00. The van der Waals surface area contributed by atoms with E-state index in [9.17, 15) is 0 Å². The predicted molar refractivity (Wildman–Crippen MR) is 49.7 cm³/mol. The van der Waals surface area contributed by atoms with E-state index in [4.69, 9.17) is 0 Å². The molecule has 1 rings (SSSR count). The van der Waals surface area contributed by atoms with Crippen LogP contribution in [0.2, 0.25) is 0 Å². The van der Waals surface area contributed by atoms with E-state index < -0.39 is 0 Å². The van der Waals surface area contributed by atoms with Crippen LogP contribution in [-0.2, 0) is 0 Å². The Morgan fingerprint density at radius 3 is 2.36 bits per heavy atom. The normalized spacial score (nSPS) is 32.7. The van der Waals surface area contributed by atoms with Gasteiger partial charge in [0.25, 0.3) is 0 Å². The molecule has 0 spiro atoms. The van der Waals surface area contributed by atoms with Crippen molar-refractivity contribution in [3.63, 3.8) is 0 Å². The van der Waals surface area contributed by atoms with Gasteiger partial charge in [0, 0.05) is 12.1 Å². The quantitative estimate of drug-likeness (QED) is 0.646. The molecule has 1 heteroatoms. The summed E-state index contributed by atoms with van der Waals surface area (Å²) in [6.45, 7) is 6.85. The number of hydrogen-bond acceptors (Lipinski definition) is 1. The van der Waals surface area contributed by atoms with Crippen molar-refractivity contribution in [2.24, 2.45) is 5.92 Å². The van der Waals surface area contributed by atoms with Gasteiger partial charge in [-0.25, -0.2) is 0 Å².